The van der Waals surface area contributed by atoms with Gasteiger partial charge in [0.25, 0.3) is 0 Å². The molecule has 1 aromatic carbocycles. The van der Waals surface area contributed by atoms with Crippen molar-refractivity contribution in [3.8, 4) is 5.75 Å². The summed E-state index contributed by atoms with van der Waals surface area (Å²) in [5.41, 5.74) is 7.37. The smallest absolute Gasteiger partial charge is 0.246 e. The van der Waals surface area contributed by atoms with Gasteiger partial charge < -0.3 is 15.0 Å². The Balaban J connectivity index is 1.58. The first-order chi connectivity index (χ1) is 10.3. The minimum absolute atomic E-state index is 0.134. The van der Waals surface area contributed by atoms with Crippen LogP contribution in [0.3, 0.4) is 0 Å². The molecule has 0 bridgehead atoms. The maximum absolute atomic E-state index is 13.0. The molecule has 0 spiro atoms. The number of hydrazine groups is 1. The number of amides is 1. The molecule has 0 aliphatic carbocycles. The van der Waals surface area contributed by atoms with Gasteiger partial charge in [-0.2, -0.15) is 0 Å². The highest BCUT2D eigenvalue weighted by atomic mass is 16.5. The third-order valence-electron chi connectivity index (χ3n) is 4.64. The number of hydrogen-bond acceptors (Lipinski definition) is 5. The van der Waals surface area contributed by atoms with Gasteiger partial charge in [0.1, 0.15) is 18.4 Å². The van der Waals surface area contributed by atoms with Crippen LogP contribution < -0.4 is 25.8 Å². The highest BCUT2D eigenvalue weighted by Crippen LogP contribution is 2.32. The molecule has 2 fully saturated rings. The van der Waals surface area contributed by atoms with Crippen LogP contribution >= 0.6 is 0 Å². The van der Waals surface area contributed by atoms with Crippen LogP contribution in [0.15, 0.2) is 24.3 Å². The van der Waals surface area contributed by atoms with Crippen molar-refractivity contribution in [3.63, 3.8) is 0 Å². The molecule has 3 atom stereocenters. The van der Waals surface area contributed by atoms with E-state index in [0.29, 0.717) is 25.1 Å². The van der Waals surface area contributed by atoms with Crippen LogP contribution in [-0.4, -0.2) is 44.2 Å². The highest BCUT2D eigenvalue weighted by molar-refractivity contribution is 5.99. The van der Waals surface area contributed by atoms with E-state index in [4.69, 9.17) is 4.74 Å². The summed E-state index contributed by atoms with van der Waals surface area (Å²) in [5, 5.41) is 3.39. The van der Waals surface area contributed by atoms with Crippen LogP contribution in [-0.2, 0) is 4.79 Å². The minimum Gasteiger partial charge on any atom is -0.490 e. The number of carbonyl (C=O) groups excluding carboxylic acids is 1. The molecule has 1 aromatic rings. The Kier molecular flexibility index (Phi) is 3.29. The van der Waals surface area contributed by atoms with E-state index in [2.05, 4.69) is 16.2 Å². The van der Waals surface area contributed by atoms with Crippen molar-refractivity contribution >= 4 is 11.6 Å². The normalized spacial score (nSPS) is 31.2. The average molecular weight is 288 g/mol. The van der Waals surface area contributed by atoms with Crippen LogP contribution in [0, 0.1) is 5.92 Å². The molecule has 3 aliphatic rings. The summed E-state index contributed by atoms with van der Waals surface area (Å²) in [6.45, 7) is 3.05. The molecular formula is C15H20N4O2. The zero-order chi connectivity index (χ0) is 14.2. The fourth-order valence-corrected chi connectivity index (χ4v) is 3.53. The molecule has 0 saturated carbocycles. The predicted molar refractivity (Wildman–Crippen MR) is 79.1 cm³/mol. The topological polar surface area (TPSA) is 65.6 Å². The molecule has 6 nitrogen and oxygen atoms in total. The molecule has 0 radical (unpaired) electrons. The number of rotatable bonds is 1. The first-order valence-electron chi connectivity index (χ1n) is 7.59. The summed E-state index contributed by atoms with van der Waals surface area (Å²) < 4.78 is 5.63. The lowest BCUT2D eigenvalue weighted by Gasteiger charge is -2.34. The van der Waals surface area contributed by atoms with Crippen LogP contribution in [0.25, 0.3) is 0 Å². The molecule has 3 aliphatic heterocycles. The van der Waals surface area contributed by atoms with Gasteiger partial charge in [0.15, 0.2) is 0 Å². The SMILES string of the molecule is O=C(C1NNC2CCNCC21)N1CCOc2ccccc21. The van der Waals surface area contributed by atoms with Gasteiger partial charge in [-0.05, 0) is 25.1 Å². The monoisotopic (exact) mass is 288 g/mol. The van der Waals surface area contributed by atoms with E-state index in [1.807, 2.05) is 29.2 Å². The third-order valence-corrected chi connectivity index (χ3v) is 4.64. The molecule has 112 valence electrons. The van der Waals surface area contributed by atoms with E-state index in [9.17, 15) is 4.79 Å². The Bertz CT molecular complexity index is 550. The van der Waals surface area contributed by atoms with Gasteiger partial charge in [-0.25, -0.2) is 5.43 Å². The van der Waals surface area contributed by atoms with Gasteiger partial charge in [-0.1, -0.05) is 12.1 Å². The second-order valence-electron chi connectivity index (χ2n) is 5.84. The summed E-state index contributed by atoms with van der Waals surface area (Å²) in [6.07, 6.45) is 1.06. The van der Waals surface area contributed by atoms with Crippen molar-refractivity contribution in [2.24, 2.45) is 5.92 Å². The van der Waals surface area contributed by atoms with E-state index in [-0.39, 0.29) is 11.9 Å². The molecule has 1 amide bonds. The maximum atomic E-state index is 13.0. The zero-order valence-corrected chi connectivity index (χ0v) is 11.8. The standard InChI is InChI=1S/C15H20N4O2/c20-15(14-10-9-16-6-5-11(10)17-18-14)19-7-8-21-13-4-2-1-3-12(13)19/h1-4,10-11,14,16-18H,5-9H2. The number of piperidine rings is 1. The fraction of sp³-hybridized carbons (Fsp3) is 0.533. The Labute approximate surface area is 123 Å². The van der Waals surface area contributed by atoms with Gasteiger partial charge in [0, 0.05) is 18.5 Å². The van der Waals surface area contributed by atoms with Crippen LogP contribution in [0.1, 0.15) is 6.42 Å². The molecular weight excluding hydrogens is 268 g/mol. The van der Waals surface area contributed by atoms with Crippen molar-refractivity contribution in [2.45, 2.75) is 18.5 Å². The summed E-state index contributed by atoms with van der Waals surface area (Å²) in [4.78, 5) is 14.8. The second kappa shape index (κ2) is 5.29. The lowest BCUT2D eigenvalue weighted by Crippen LogP contribution is -2.52. The molecule has 6 heteroatoms. The van der Waals surface area contributed by atoms with Gasteiger partial charge in [0.2, 0.25) is 5.91 Å². The zero-order valence-electron chi connectivity index (χ0n) is 11.8. The Morgan fingerprint density at radius 1 is 1.29 bits per heavy atom. The van der Waals surface area contributed by atoms with Gasteiger partial charge in [0.05, 0.1) is 12.2 Å². The average Bonchev–Trinajstić information content (AvgIpc) is 2.98. The third kappa shape index (κ3) is 2.19. The Morgan fingerprint density at radius 3 is 3.14 bits per heavy atom. The quantitative estimate of drug-likeness (QED) is 0.672. The summed E-state index contributed by atoms with van der Waals surface area (Å²) >= 11 is 0. The van der Waals surface area contributed by atoms with E-state index < -0.39 is 0 Å². The van der Waals surface area contributed by atoms with Crippen molar-refractivity contribution in [1.82, 2.24) is 16.2 Å². The Morgan fingerprint density at radius 2 is 2.19 bits per heavy atom. The highest BCUT2D eigenvalue weighted by Gasteiger charge is 2.43. The van der Waals surface area contributed by atoms with E-state index in [1.165, 1.54) is 0 Å². The van der Waals surface area contributed by atoms with Crippen LogP contribution in [0.5, 0.6) is 5.75 Å². The number of ether oxygens (including phenoxy) is 1. The lowest BCUT2D eigenvalue weighted by molar-refractivity contribution is -0.121. The number of benzene rings is 1. The first kappa shape index (κ1) is 13.1. The minimum atomic E-state index is -0.172. The molecule has 21 heavy (non-hydrogen) atoms. The number of hydrogen-bond donors (Lipinski definition) is 3. The number of nitrogens with one attached hydrogen (secondary N) is 3. The predicted octanol–water partition coefficient (Wildman–Crippen LogP) is -0.134. The lowest BCUT2D eigenvalue weighted by atomic mass is 9.88. The van der Waals surface area contributed by atoms with Crippen molar-refractivity contribution < 1.29 is 9.53 Å². The van der Waals surface area contributed by atoms with E-state index in [1.54, 1.807) is 0 Å². The van der Waals surface area contributed by atoms with Gasteiger partial charge in [-0.3, -0.25) is 10.2 Å². The molecule has 3 N–H and O–H groups in total. The molecule has 3 heterocycles. The van der Waals surface area contributed by atoms with Crippen molar-refractivity contribution in [1.29, 1.82) is 0 Å². The molecule has 2 saturated heterocycles. The number of anilines is 1. The number of carbonyl (C=O) groups is 1. The number of nitrogens with zero attached hydrogens (tertiary/aromatic N) is 1. The number of fused-ring (bicyclic) bond motifs is 2. The van der Waals surface area contributed by atoms with Gasteiger partial charge >= 0.3 is 0 Å². The van der Waals surface area contributed by atoms with Crippen LogP contribution in [0.2, 0.25) is 0 Å². The van der Waals surface area contributed by atoms with E-state index in [0.717, 1.165) is 30.9 Å². The van der Waals surface area contributed by atoms with Crippen molar-refractivity contribution in [2.75, 3.05) is 31.1 Å². The molecule has 3 unspecified atom stereocenters. The van der Waals surface area contributed by atoms with Crippen molar-refractivity contribution in [3.05, 3.63) is 24.3 Å². The molecule has 0 aromatic heterocycles. The Hall–Kier alpha value is -1.63. The largest absolute Gasteiger partial charge is 0.490 e. The maximum Gasteiger partial charge on any atom is 0.246 e. The summed E-state index contributed by atoms with van der Waals surface area (Å²) in [7, 11) is 0. The number of para-hydroxylation sites is 2. The van der Waals surface area contributed by atoms with Crippen LogP contribution in [0.4, 0.5) is 5.69 Å². The first-order valence-corrected chi connectivity index (χ1v) is 7.59. The second-order valence-corrected chi connectivity index (χ2v) is 5.84. The summed E-state index contributed by atoms with van der Waals surface area (Å²) in [6, 6.07) is 7.96. The molecule has 4 rings (SSSR count). The van der Waals surface area contributed by atoms with Gasteiger partial charge in [-0.15, -0.1) is 0 Å². The summed E-state index contributed by atoms with van der Waals surface area (Å²) in [5.74, 6) is 1.23. The van der Waals surface area contributed by atoms with E-state index >= 15 is 0 Å². The fourth-order valence-electron chi connectivity index (χ4n) is 3.53.